The van der Waals surface area contributed by atoms with Crippen molar-refractivity contribution in [2.75, 3.05) is 82.6 Å². The number of aromatic amines is 1. The van der Waals surface area contributed by atoms with Gasteiger partial charge in [-0.15, -0.1) is 0 Å². The van der Waals surface area contributed by atoms with Gasteiger partial charge in [-0.25, -0.2) is 8.42 Å². The average Bonchev–Trinajstić information content (AvgIpc) is 3.90. The molecule has 21 nitrogen and oxygen atoms in total. The molecule has 4 heterocycles. The molecule has 0 aliphatic carbocycles. The van der Waals surface area contributed by atoms with Crippen LogP contribution in [0.4, 0.5) is 11.4 Å². The van der Waals surface area contributed by atoms with E-state index in [9.17, 15) is 42.0 Å². The van der Waals surface area contributed by atoms with E-state index in [4.69, 9.17) is 18.9 Å². The summed E-state index contributed by atoms with van der Waals surface area (Å²) in [6.07, 6.45) is 1.80. The molecule has 1 aromatic heterocycles. The third-order valence-electron chi connectivity index (χ3n) is 11.9. The predicted molar refractivity (Wildman–Crippen MR) is 256 cm³/mol. The normalized spacial score (nSPS) is 16.4. The summed E-state index contributed by atoms with van der Waals surface area (Å²) in [4.78, 5) is 95.4. The Morgan fingerprint density at radius 2 is 1.52 bits per heavy atom. The highest BCUT2D eigenvalue weighted by atomic mass is 32.2. The van der Waals surface area contributed by atoms with Crippen molar-refractivity contribution in [3.8, 4) is 5.75 Å². The molecule has 0 spiro atoms. The lowest BCUT2D eigenvalue weighted by Gasteiger charge is -2.29. The molecule has 4 aromatic carbocycles. The van der Waals surface area contributed by atoms with Gasteiger partial charge in [0.2, 0.25) is 27.7 Å². The molecule has 2 fully saturated rings. The number of fused-ring (bicyclic) bond motifs is 2. The van der Waals surface area contributed by atoms with Gasteiger partial charge in [0.1, 0.15) is 17.8 Å². The lowest BCUT2D eigenvalue weighted by Crippen LogP contribution is -2.54. The Balaban J connectivity index is 0.734. The fourth-order valence-corrected chi connectivity index (χ4v) is 9.47. The molecule has 1 unspecified atom stereocenters. The van der Waals surface area contributed by atoms with Crippen LogP contribution in [0.2, 0.25) is 0 Å². The number of ether oxygens (including phenoxy) is 4. The Kier molecular flexibility index (Phi) is 16.1. The van der Waals surface area contributed by atoms with Gasteiger partial charge in [0, 0.05) is 66.6 Å². The molecule has 6 N–H and O–H groups in total. The smallest absolute Gasteiger partial charge is 0.266 e. The molecule has 8 rings (SSSR count). The molecule has 2 atom stereocenters. The molecule has 3 aliphatic heterocycles. The SMILES string of the molecule is O=C(COc1cccc2c1C(=O)N(C1CCC(=O)NC1=O)C2=O)NCCOCCOCCNC(=O)c1ccc(S(=O)(=O)N[C@@H](Cc2c[nH]c3ccccc23)C(=O)Nc2ccc(N3CCOCC3)cc2)cc1. The Morgan fingerprint density at radius 1 is 0.803 bits per heavy atom. The summed E-state index contributed by atoms with van der Waals surface area (Å²) in [7, 11) is -4.25. The summed E-state index contributed by atoms with van der Waals surface area (Å²) in [5.41, 5.74) is 3.26. The first-order valence-electron chi connectivity index (χ1n) is 22.9. The van der Waals surface area contributed by atoms with Crippen LogP contribution in [0.3, 0.4) is 0 Å². The van der Waals surface area contributed by atoms with Crippen LogP contribution in [-0.2, 0) is 49.8 Å². The van der Waals surface area contributed by atoms with Crippen LogP contribution in [0.25, 0.3) is 10.9 Å². The van der Waals surface area contributed by atoms with Gasteiger partial charge in [-0.1, -0.05) is 24.3 Å². The van der Waals surface area contributed by atoms with E-state index in [0.717, 1.165) is 40.1 Å². The zero-order valence-electron chi connectivity index (χ0n) is 38.4. The number of carbonyl (C=O) groups excluding carboxylic acids is 7. The third-order valence-corrected chi connectivity index (χ3v) is 13.4. The Bertz CT molecular complexity index is 2900. The number of aromatic nitrogens is 1. The van der Waals surface area contributed by atoms with Crippen LogP contribution < -0.4 is 35.6 Å². The number of amides is 7. The summed E-state index contributed by atoms with van der Waals surface area (Å²) >= 11 is 0. The molecule has 22 heteroatoms. The molecule has 2 saturated heterocycles. The van der Waals surface area contributed by atoms with E-state index in [1.807, 2.05) is 36.4 Å². The second-order valence-electron chi connectivity index (χ2n) is 16.6. The van der Waals surface area contributed by atoms with Crippen LogP contribution in [0.5, 0.6) is 5.75 Å². The number of hydrogen-bond acceptors (Lipinski definition) is 14. The first-order chi connectivity index (χ1) is 34.4. The number of sulfonamides is 1. The second kappa shape index (κ2) is 22.9. The van der Waals surface area contributed by atoms with E-state index < -0.39 is 70.1 Å². The molecular weight excluding hydrogens is 941 g/mol. The number of anilines is 2. The van der Waals surface area contributed by atoms with Gasteiger partial charge < -0.3 is 44.8 Å². The first kappa shape index (κ1) is 49.9. The van der Waals surface area contributed by atoms with Gasteiger partial charge >= 0.3 is 0 Å². The van der Waals surface area contributed by atoms with Gasteiger partial charge in [-0.05, 0) is 85.1 Å². The van der Waals surface area contributed by atoms with Crippen molar-refractivity contribution in [2.24, 2.45) is 0 Å². The number of hydrogen-bond donors (Lipinski definition) is 6. The van der Waals surface area contributed by atoms with Gasteiger partial charge in [-0.2, -0.15) is 4.72 Å². The highest BCUT2D eigenvalue weighted by molar-refractivity contribution is 7.89. The summed E-state index contributed by atoms with van der Waals surface area (Å²) in [5.74, 6) is -4.18. The van der Waals surface area contributed by atoms with Crippen molar-refractivity contribution < 1.29 is 60.9 Å². The topological polar surface area (TPSA) is 273 Å². The number of nitrogens with zero attached hydrogens (tertiary/aromatic N) is 2. The number of imide groups is 2. The number of piperidine rings is 1. The molecule has 3 aliphatic rings. The van der Waals surface area contributed by atoms with E-state index >= 15 is 0 Å². The largest absolute Gasteiger partial charge is 0.483 e. The van der Waals surface area contributed by atoms with Gasteiger partial charge in [0.15, 0.2) is 6.61 Å². The molecule has 5 aromatic rings. The van der Waals surface area contributed by atoms with Crippen LogP contribution >= 0.6 is 0 Å². The Labute approximate surface area is 407 Å². The van der Waals surface area contributed by atoms with E-state index in [-0.39, 0.29) is 86.1 Å². The quantitative estimate of drug-likeness (QED) is 0.0427. The van der Waals surface area contributed by atoms with Crippen molar-refractivity contribution in [2.45, 2.75) is 36.2 Å². The van der Waals surface area contributed by atoms with E-state index in [1.165, 1.54) is 42.5 Å². The maximum absolute atomic E-state index is 13.8. The minimum Gasteiger partial charge on any atom is -0.483 e. The monoisotopic (exact) mass is 992 g/mol. The highest BCUT2D eigenvalue weighted by Gasteiger charge is 2.46. The van der Waals surface area contributed by atoms with Crippen LogP contribution in [0.15, 0.2) is 102 Å². The first-order valence-corrected chi connectivity index (χ1v) is 24.4. The average molecular weight is 993 g/mol. The number of rotatable bonds is 22. The van der Waals surface area contributed by atoms with Crippen molar-refractivity contribution in [1.29, 1.82) is 0 Å². The molecule has 7 amide bonds. The Hall–Kier alpha value is -7.50. The fraction of sp³-hybridized carbons (Fsp3) is 0.327. The fourth-order valence-electron chi connectivity index (χ4n) is 8.28. The molecule has 71 heavy (non-hydrogen) atoms. The van der Waals surface area contributed by atoms with Crippen LogP contribution in [0.1, 0.15) is 49.5 Å². The van der Waals surface area contributed by atoms with E-state index in [2.05, 4.69) is 35.9 Å². The van der Waals surface area contributed by atoms with Gasteiger partial charge in [0.05, 0.1) is 55.7 Å². The zero-order valence-corrected chi connectivity index (χ0v) is 39.2. The summed E-state index contributed by atoms with van der Waals surface area (Å²) in [5, 5.41) is 11.2. The van der Waals surface area contributed by atoms with Crippen molar-refractivity contribution in [3.05, 3.63) is 119 Å². The predicted octanol–water partition coefficient (Wildman–Crippen LogP) is 1.89. The van der Waals surface area contributed by atoms with Crippen molar-refractivity contribution in [1.82, 2.24) is 30.6 Å². The number of benzene rings is 4. The number of morpholine rings is 1. The molecule has 0 bridgehead atoms. The summed E-state index contributed by atoms with van der Waals surface area (Å²) in [6, 6.07) is 22.3. The third kappa shape index (κ3) is 12.3. The molecule has 372 valence electrons. The molecule has 0 radical (unpaired) electrons. The zero-order chi connectivity index (χ0) is 49.9. The van der Waals surface area contributed by atoms with Crippen molar-refractivity contribution >= 4 is 73.7 Å². The summed E-state index contributed by atoms with van der Waals surface area (Å²) < 4.78 is 52.2. The van der Waals surface area contributed by atoms with Crippen molar-refractivity contribution in [3.63, 3.8) is 0 Å². The minimum absolute atomic E-state index is 0.000931. The number of H-pyrrole nitrogens is 1. The summed E-state index contributed by atoms with van der Waals surface area (Å²) in [6.45, 7) is 3.27. The maximum atomic E-state index is 13.8. The Morgan fingerprint density at radius 3 is 2.25 bits per heavy atom. The molecular formula is C49H52N8O13S. The van der Waals surface area contributed by atoms with E-state index in [1.54, 1.807) is 18.3 Å². The maximum Gasteiger partial charge on any atom is 0.266 e. The second-order valence-corrected chi connectivity index (χ2v) is 18.4. The molecule has 0 saturated carbocycles. The number of nitrogens with one attached hydrogen (secondary N) is 6. The number of para-hydroxylation sites is 1. The van der Waals surface area contributed by atoms with Crippen LogP contribution in [0, 0.1) is 0 Å². The van der Waals surface area contributed by atoms with Gasteiger partial charge in [0.25, 0.3) is 23.6 Å². The standard InChI is InChI=1S/C49H52N8O13S/c58-42-17-16-40(47(62)54-42)57-48(63)37-5-3-7-41(44(37)49(57)64)70-30-43(59)50-18-22-67-26-27-68-23-19-51-45(60)31-8-14-35(15-9-31)71(65,66)55-39(28-32-29-52-38-6-2-1-4-36(32)38)46(61)53-33-10-12-34(13-11-33)56-20-24-69-25-21-56/h1-15,29,39-40,52,55H,16-28,30H2,(H,50,59)(H,51,60)(H,53,61)(H,54,58,62)/t39-,40?/m0/s1. The number of carbonyl (C=O) groups is 7. The minimum atomic E-state index is -4.25. The lowest BCUT2D eigenvalue weighted by molar-refractivity contribution is -0.136. The van der Waals surface area contributed by atoms with Crippen LogP contribution in [-0.4, -0.2) is 144 Å². The van der Waals surface area contributed by atoms with Gasteiger partial charge in [-0.3, -0.25) is 43.8 Å². The highest BCUT2D eigenvalue weighted by Crippen LogP contribution is 2.34. The van der Waals surface area contributed by atoms with E-state index in [0.29, 0.717) is 18.9 Å². The lowest BCUT2D eigenvalue weighted by atomic mass is 10.0.